The summed E-state index contributed by atoms with van der Waals surface area (Å²) >= 11 is 0. The van der Waals surface area contributed by atoms with Crippen LogP contribution < -0.4 is 9.47 Å². The number of carbonyl (C=O) groups excluding carboxylic acids is 1. The number of para-hydroxylation sites is 1. The van der Waals surface area contributed by atoms with E-state index in [1.165, 1.54) is 7.11 Å². The summed E-state index contributed by atoms with van der Waals surface area (Å²) in [5.41, 5.74) is 1.89. The first-order chi connectivity index (χ1) is 16.7. The Labute approximate surface area is 196 Å². The molecule has 174 valence electrons. The van der Waals surface area contributed by atoms with Gasteiger partial charge in [-0.2, -0.15) is 4.98 Å². The minimum atomic E-state index is -0.0761. The van der Waals surface area contributed by atoms with Crippen LogP contribution in [-0.4, -0.2) is 63.3 Å². The van der Waals surface area contributed by atoms with Crippen molar-refractivity contribution in [3.63, 3.8) is 0 Å². The summed E-state index contributed by atoms with van der Waals surface area (Å²) in [6.07, 6.45) is 3.31. The maximum atomic E-state index is 13.1. The van der Waals surface area contributed by atoms with Crippen molar-refractivity contribution in [2.45, 2.75) is 18.9 Å². The van der Waals surface area contributed by atoms with E-state index in [1.807, 2.05) is 46.1 Å². The fraction of sp³-hybridized carbons (Fsp3) is 0.292. The van der Waals surface area contributed by atoms with Gasteiger partial charge >= 0.3 is 0 Å². The van der Waals surface area contributed by atoms with Crippen LogP contribution in [0.4, 0.5) is 0 Å². The van der Waals surface area contributed by atoms with E-state index in [2.05, 4.69) is 20.5 Å². The minimum Gasteiger partial charge on any atom is -0.493 e. The van der Waals surface area contributed by atoms with E-state index in [9.17, 15) is 4.79 Å². The molecule has 0 radical (unpaired) electrons. The van der Waals surface area contributed by atoms with Gasteiger partial charge in [-0.05, 0) is 25.0 Å². The van der Waals surface area contributed by atoms with Crippen LogP contribution in [-0.2, 0) is 0 Å². The van der Waals surface area contributed by atoms with Crippen LogP contribution in [0.5, 0.6) is 11.5 Å². The second-order valence-corrected chi connectivity index (χ2v) is 7.94. The zero-order valence-electron chi connectivity index (χ0n) is 18.9. The van der Waals surface area contributed by atoms with Gasteiger partial charge in [0.2, 0.25) is 5.82 Å². The molecule has 0 atom stereocenters. The molecule has 0 saturated carbocycles. The van der Waals surface area contributed by atoms with Crippen molar-refractivity contribution >= 4 is 5.91 Å². The topological polar surface area (TPSA) is 108 Å². The Hall–Kier alpha value is -4.21. The Morgan fingerprint density at radius 3 is 2.56 bits per heavy atom. The monoisotopic (exact) mass is 460 g/mol. The van der Waals surface area contributed by atoms with Gasteiger partial charge < -0.3 is 18.9 Å². The second kappa shape index (κ2) is 9.34. The fourth-order valence-corrected chi connectivity index (χ4v) is 4.14. The highest BCUT2D eigenvalue weighted by Gasteiger charge is 2.28. The van der Waals surface area contributed by atoms with Crippen molar-refractivity contribution in [2.75, 3.05) is 27.3 Å². The molecule has 1 aliphatic rings. The number of methoxy groups -OCH3 is 2. The molecular formula is C24H24N6O4. The molecular weight excluding hydrogens is 436 g/mol. The van der Waals surface area contributed by atoms with Crippen LogP contribution in [0.25, 0.3) is 23.0 Å². The van der Waals surface area contributed by atoms with Gasteiger partial charge in [-0.25, -0.2) is 4.68 Å². The maximum absolute atomic E-state index is 13.1. The van der Waals surface area contributed by atoms with Crippen molar-refractivity contribution in [2.24, 2.45) is 0 Å². The quantitative estimate of drug-likeness (QED) is 0.430. The van der Waals surface area contributed by atoms with E-state index >= 15 is 0 Å². The second-order valence-electron chi connectivity index (χ2n) is 7.94. The molecule has 5 rings (SSSR count). The summed E-state index contributed by atoms with van der Waals surface area (Å²) in [5.74, 6) is 1.74. The normalized spacial score (nSPS) is 14.2. The molecule has 1 fully saturated rings. The molecule has 0 aliphatic carbocycles. The Kier molecular flexibility index (Phi) is 5.94. The van der Waals surface area contributed by atoms with Crippen molar-refractivity contribution in [1.29, 1.82) is 0 Å². The van der Waals surface area contributed by atoms with Gasteiger partial charge in [-0.15, -0.1) is 5.10 Å². The van der Waals surface area contributed by atoms with E-state index in [4.69, 9.17) is 14.0 Å². The maximum Gasteiger partial charge on any atom is 0.280 e. The number of ether oxygens (including phenoxy) is 2. The standard InChI is InChI=1S/C24H24N6O4/c1-32-20-10-6-9-18(21(20)33-2)24(31)29-13-11-17(12-14-29)30-15-19(26-28-30)23-25-22(27-34-23)16-7-4-3-5-8-16/h3-10,15,17H,11-14H2,1-2H3. The summed E-state index contributed by atoms with van der Waals surface area (Å²) in [6, 6.07) is 15.1. The number of piperidine rings is 1. The van der Waals surface area contributed by atoms with Crippen molar-refractivity contribution < 1.29 is 18.8 Å². The smallest absolute Gasteiger partial charge is 0.280 e. The Balaban J connectivity index is 1.25. The number of amides is 1. The van der Waals surface area contributed by atoms with Crippen LogP contribution in [0, 0.1) is 0 Å². The van der Waals surface area contributed by atoms with E-state index in [0.29, 0.717) is 47.6 Å². The number of hydrogen-bond acceptors (Lipinski definition) is 8. The van der Waals surface area contributed by atoms with Crippen LogP contribution >= 0.6 is 0 Å². The number of hydrogen-bond donors (Lipinski definition) is 0. The summed E-state index contributed by atoms with van der Waals surface area (Å²) in [5, 5.41) is 12.5. The number of aromatic nitrogens is 5. The first kappa shape index (κ1) is 21.6. The predicted molar refractivity (Wildman–Crippen MR) is 122 cm³/mol. The van der Waals surface area contributed by atoms with Crippen LogP contribution in [0.1, 0.15) is 29.2 Å². The third kappa shape index (κ3) is 4.09. The first-order valence-electron chi connectivity index (χ1n) is 11.0. The number of nitrogens with zero attached hydrogens (tertiary/aromatic N) is 6. The highest BCUT2D eigenvalue weighted by Crippen LogP contribution is 2.33. The fourth-order valence-electron chi connectivity index (χ4n) is 4.14. The molecule has 3 heterocycles. The number of carbonyl (C=O) groups is 1. The first-order valence-corrected chi connectivity index (χ1v) is 11.0. The lowest BCUT2D eigenvalue weighted by Gasteiger charge is -2.32. The molecule has 0 unspecified atom stereocenters. The van der Waals surface area contributed by atoms with Crippen molar-refractivity contribution in [1.82, 2.24) is 30.0 Å². The predicted octanol–water partition coefficient (Wildman–Crippen LogP) is 3.49. The molecule has 10 heteroatoms. The van der Waals surface area contributed by atoms with E-state index in [0.717, 1.165) is 18.4 Å². The summed E-state index contributed by atoms with van der Waals surface area (Å²) in [6.45, 7) is 1.19. The average Bonchev–Trinajstić information content (AvgIpc) is 3.59. The van der Waals surface area contributed by atoms with Gasteiger partial charge in [-0.1, -0.05) is 46.8 Å². The molecule has 0 N–H and O–H groups in total. The molecule has 4 aromatic rings. The third-order valence-corrected chi connectivity index (χ3v) is 5.95. The lowest BCUT2D eigenvalue weighted by Crippen LogP contribution is -2.39. The number of likely N-dealkylation sites (tertiary alicyclic amines) is 1. The Morgan fingerprint density at radius 2 is 1.82 bits per heavy atom. The highest BCUT2D eigenvalue weighted by atomic mass is 16.5. The van der Waals surface area contributed by atoms with Crippen molar-refractivity contribution in [3.8, 4) is 34.5 Å². The lowest BCUT2D eigenvalue weighted by atomic mass is 10.0. The number of benzene rings is 2. The molecule has 10 nitrogen and oxygen atoms in total. The van der Waals surface area contributed by atoms with E-state index in [1.54, 1.807) is 25.3 Å². The van der Waals surface area contributed by atoms with E-state index in [-0.39, 0.29) is 11.9 Å². The van der Waals surface area contributed by atoms with E-state index < -0.39 is 0 Å². The van der Waals surface area contributed by atoms with Crippen LogP contribution in [0.2, 0.25) is 0 Å². The van der Waals surface area contributed by atoms with Gasteiger partial charge in [-0.3, -0.25) is 4.79 Å². The molecule has 1 amide bonds. The lowest BCUT2D eigenvalue weighted by molar-refractivity contribution is 0.0685. The molecule has 0 bridgehead atoms. The Morgan fingerprint density at radius 1 is 1.03 bits per heavy atom. The van der Waals surface area contributed by atoms with Gasteiger partial charge in [0.05, 0.1) is 32.0 Å². The minimum absolute atomic E-state index is 0.0761. The average molecular weight is 460 g/mol. The summed E-state index contributed by atoms with van der Waals surface area (Å²) in [7, 11) is 3.09. The zero-order valence-corrected chi connectivity index (χ0v) is 18.9. The van der Waals surface area contributed by atoms with Crippen molar-refractivity contribution in [3.05, 3.63) is 60.3 Å². The largest absolute Gasteiger partial charge is 0.493 e. The molecule has 1 saturated heterocycles. The van der Waals surface area contributed by atoms with Gasteiger partial charge in [0, 0.05) is 18.7 Å². The zero-order chi connectivity index (χ0) is 23.5. The summed E-state index contributed by atoms with van der Waals surface area (Å²) in [4.78, 5) is 19.4. The van der Waals surface area contributed by atoms with Crippen LogP contribution in [0.3, 0.4) is 0 Å². The third-order valence-electron chi connectivity index (χ3n) is 5.95. The highest BCUT2D eigenvalue weighted by molar-refractivity contribution is 5.97. The molecule has 1 aliphatic heterocycles. The van der Waals surface area contributed by atoms with Crippen LogP contribution in [0.15, 0.2) is 59.3 Å². The number of rotatable bonds is 6. The Bertz CT molecular complexity index is 1280. The van der Waals surface area contributed by atoms with Gasteiger partial charge in [0.25, 0.3) is 11.8 Å². The molecule has 2 aromatic carbocycles. The van der Waals surface area contributed by atoms with Gasteiger partial charge in [0.15, 0.2) is 17.2 Å². The summed E-state index contributed by atoms with van der Waals surface area (Å²) < 4.78 is 18.0. The molecule has 0 spiro atoms. The van der Waals surface area contributed by atoms with Gasteiger partial charge in [0.1, 0.15) is 0 Å². The molecule has 34 heavy (non-hydrogen) atoms. The SMILES string of the molecule is COc1cccc(C(=O)N2CCC(n3cc(-c4nc(-c5ccccc5)no4)nn3)CC2)c1OC. The molecule has 2 aromatic heterocycles.